The summed E-state index contributed by atoms with van der Waals surface area (Å²) in [6.07, 6.45) is 1.76. The topological polar surface area (TPSA) is 53.1 Å². The summed E-state index contributed by atoms with van der Waals surface area (Å²) >= 11 is 0. The Morgan fingerprint density at radius 3 is 2.88 bits per heavy atom. The van der Waals surface area contributed by atoms with Crippen LogP contribution >= 0.6 is 0 Å². The predicted octanol–water partition coefficient (Wildman–Crippen LogP) is 1.71. The van der Waals surface area contributed by atoms with Crippen molar-refractivity contribution in [2.45, 2.75) is 20.0 Å². The van der Waals surface area contributed by atoms with Gasteiger partial charge in [-0.3, -0.25) is 0 Å². The maximum Gasteiger partial charge on any atom is 0.216 e. The van der Waals surface area contributed by atoms with Gasteiger partial charge in [0.2, 0.25) is 5.88 Å². The van der Waals surface area contributed by atoms with Gasteiger partial charge in [-0.15, -0.1) is 0 Å². The Balaban J connectivity index is 2.27. The molecule has 4 nitrogen and oxygen atoms in total. The summed E-state index contributed by atoms with van der Waals surface area (Å²) < 4.78 is 7.16. The third-order valence-corrected chi connectivity index (χ3v) is 2.69. The van der Waals surface area contributed by atoms with Crippen molar-refractivity contribution in [1.82, 2.24) is 9.78 Å². The first-order valence-electron chi connectivity index (χ1n) is 5.59. The van der Waals surface area contributed by atoms with E-state index in [9.17, 15) is 0 Å². The number of hydrogen-bond acceptors (Lipinski definition) is 3. The van der Waals surface area contributed by atoms with Crippen LogP contribution in [-0.2, 0) is 13.1 Å². The summed E-state index contributed by atoms with van der Waals surface area (Å²) in [6.45, 7) is 3.22. The van der Waals surface area contributed by atoms with Crippen LogP contribution < -0.4 is 10.5 Å². The minimum atomic E-state index is 0.441. The van der Waals surface area contributed by atoms with E-state index in [2.05, 4.69) is 30.2 Å². The first-order chi connectivity index (χ1) is 8.24. The number of nitrogens with zero attached hydrogens (tertiary/aromatic N) is 2. The highest BCUT2D eigenvalue weighted by molar-refractivity contribution is 5.27. The fourth-order valence-corrected chi connectivity index (χ4v) is 1.89. The zero-order chi connectivity index (χ0) is 12.3. The van der Waals surface area contributed by atoms with Crippen LogP contribution in [0, 0.1) is 6.92 Å². The van der Waals surface area contributed by atoms with Crippen LogP contribution in [-0.4, -0.2) is 16.9 Å². The molecule has 1 heterocycles. The molecule has 2 N–H and O–H groups in total. The van der Waals surface area contributed by atoms with Gasteiger partial charge >= 0.3 is 0 Å². The Kier molecular flexibility index (Phi) is 3.44. The lowest BCUT2D eigenvalue weighted by atomic mass is 10.1. The highest BCUT2D eigenvalue weighted by atomic mass is 16.5. The van der Waals surface area contributed by atoms with Gasteiger partial charge in [-0.05, 0) is 12.5 Å². The van der Waals surface area contributed by atoms with Crippen molar-refractivity contribution in [2.24, 2.45) is 5.73 Å². The van der Waals surface area contributed by atoms with Gasteiger partial charge in [0.25, 0.3) is 0 Å². The summed E-state index contributed by atoms with van der Waals surface area (Å²) in [5.74, 6) is 0.744. The third-order valence-electron chi connectivity index (χ3n) is 2.69. The summed E-state index contributed by atoms with van der Waals surface area (Å²) in [5.41, 5.74) is 9.00. The highest BCUT2D eigenvalue weighted by Gasteiger charge is 2.09. The molecule has 4 heteroatoms. The van der Waals surface area contributed by atoms with Crippen molar-refractivity contribution < 1.29 is 4.74 Å². The minimum Gasteiger partial charge on any atom is -0.481 e. The Morgan fingerprint density at radius 1 is 1.41 bits per heavy atom. The van der Waals surface area contributed by atoms with Crippen molar-refractivity contribution in [2.75, 3.05) is 7.11 Å². The van der Waals surface area contributed by atoms with E-state index < -0.39 is 0 Å². The van der Waals surface area contributed by atoms with Gasteiger partial charge in [0, 0.05) is 12.1 Å². The van der Waals surface area contributed by atoms with E-state index in [1.807, 2.05) is 10.7 Å². The smallest absolute Gasteiger partial charge is 0.216 e. The number of hydrogen-bond donors (Lipinski definition) is 1. The van der Waals surface area contributed by atoms with Crippen molar-refractivity contribution in [3.05, 3.63) is 47.2 Å². The van der Waals surface area contributed by atoms with E-state index in [0.29, 0.717) is 13.1 Å². The Hall–Kier alpha value is -1.81. The second-order valence-electron chi connectivity index (χ2n) is 4.03. The van der Waals surface area contributed by atoms with Crippen LogP contribution in [0.4, 0.5) is 0 Å². The fourth-order valence-electron chi connectivity index (χ4n) is 1.89. The quantitative estimate of drug-likeness (QED) is 0.871. The lowest BCUT2D eigenvalue weighted by Crippen LogP contribution is -2.06. The van der Waals surface area contributed by atoms with Crippen LogP contribution in [0.2, 0.25) is 0 Å². The average molecular weight is 231 g/mol. The molecular formula is C13H17N3O. The molecule has 0 saturated carbocycles. The maximum atomic E-state index is 5.62. The lowest BCUT2D eigenvalue weighted by Gasteiger charge is -2.08. The Bertz CT molecular complexity index is 505. The number of nitrogens with two attached hydrogens (primary N) is 1. The average Bonchev–Trinajstić information content (AvgIpc) is 2.71. The summed E-state index contributed by atoms with van der Waals surface area (Å²) in [4.78, 5) is 0. The molecule has 1 aromatic heterocycles. The molecule has 1 aromatic carbocycles. The van der Waals surface area contributed by atoms with Crippen LogP contribution in [0.3, 0.4) is 0 Å². The molecule has 0 bridgehead atoms. The van der Waals surface area contributed by atoms with Crippen LogP contribution in [0.25, 0.3) is 0 Å². The number of ether oxygens (including phenoxy) is 1. The van der Waals surface area contributed by atoms with E-state index in [1.165, 1.54) is 11.1 Å². The van der Waals surface area contributed by atoms with Crippen LogP contribution in [0.15, 0.2) is 30.5 Å². The van der Waals surface area contributed by atoms with Crippen molar-refractivity contribution in [1.29, 1.82) is 0 Å². The second kappa shape index (κ2) is 5.01. The molecule has 2 aromatic rings. The third kappa shape index (κ3) is 2.47. The molecule has 0 aliphatic rings. The molecule has 0 amide bonds. The minimum absolute atomic E-state index is 0.441. The molecule has 2 rings (SSSR count). The molecule has 0 radical (unpaired) electrons. The SMILES string of the molecule is COc1c(CN)cnn1Cc1cccc(C)c1. The van der Waals surface area contributed by atoms with Gasteiger partial charge in [0.05, 0.1) is 19.9 Å². The summed E-state index contributed by atoms with van der Waals surface area (Å²) in [6, 6.07) is 8.35. The van der Waals surface area contributed by atoms with Crippen molar-refractivity contribution >= 4 is 0 Å². The molecule has 0 unspecified atom stereocenters. The number of aryl methyl sites for hydroxylation is 1. The van der Waals surface area contributed by atoms with Gasteiger partial charge < -0.3 is 10.5 Å². The normalized spacial score (nSPS) is 10.5. The molecule has 0 fully saturated rings. The Labute approximate surface area is 101 Å². The molecule has 0 atom stereocenters. The maximum absolute atomic E-state index is 5.62. The summed E-state index contributed by atoms with van der Waals surface area (Å²) in [5, 5.41) is 4.29. The van der Waals surface area contributed by atoms with Crippen molar-refractivity contribution in [3.8, 4) is 5.88 Å². The molecule has 17 heavy (non-hydrogen) atoms. The van der Waals surface area contributed by atoms with Gasteiger partial charge in [-0.2, -0.15) is 5.10 Å². The van der Waals surface area contributed by atoms with Crippen LogP contribution in [0.1, 0.15) is 16.7 Å². The lowest BCUT2D eigenvalue weighted by molar-refractivity contribution is 0.363. The first kappa shape index (κ1) is 11.7. The first-order valence-corrected chi connectivity index (χ1v) is 5.59. The largest absolute Gasteiger partial charge is 0.481 e. The molecule has 0 saturated heterocycles. The fraction of sp³-hybridized carbons (Fsp3) is 0.308. The number of methoxy groups -OCH3 is 1. The molecule has 90 valence electrons. The zero-order valence-electron chi connectivity index (χ0n) is 10.2. The van der Waals surface area contributed by atoms with Gasteiger partial charge in [0.1, 0.15) is 0 Å². The van der Waals surface area contributed by atoms with Gasteiger partial charge in [-0.25, -0.2) is 4.68 Å². The second-order valence-corrected chi connectivity index (χ2v) is 4.03. The van der Waals surface area contributed by atoms with E-state index >= 15 is 0 Å². The van der Waals surface area contributed by atoms with Gasteiger partial charge in [-0.1, -0.05) is 29.8 Å². The molecular weight excluding hydrogens is 214 g/mol. The standard InChI is InChI=1S/C13H17N3O/c1-10-4-3-5-11(6-10)9-16-13(17-2)12(7-14)8-15-16/h3-6,8H,7,9,14H2,1-2H3. The van der Waals surface area contributed by atoms with E-state index in [0.717, 1.165) is 11.4 Å². The number of benzene rings is 1. The molecule has 0 spiro atoms. The van der Waals surface area contributed by atoms with E-state index in [1.54, 1.807) is 13.3 Å². The molecule has 0 aliphatic carbocycles. The van der Waals surface area contributed by atoms with E-state index in [-0.39, 0.29) is 0 Å². The molecule has 0 aliphatic heterocycles. The van der Waals surface area contributed by atoms with Crippen molar-refractivity contribution in [3.63, 3.8) is 0 Å². The summed E-state index contributed by atoms with van der Waals surface area (Å²) in [7, 11) is 1.64. The predicted molar refractivity (Wildman–Crippen MR) is 67.0 cm³/mol. The number of aromatic nitrogens is 2. The zero-order valence-corrected chi connectivity index (χ0v) is 10.2. The van der Waals surface area contributed by atoms with E-state index in [4.69, 9.17) is 10.5 Å². The van der Waals surface area contributed by atoms with Crippen LogP contribution in [0.5, 0.6) is 5.88 Å². The van der Waals surface area contributed by atoms with Gasteiger partial charge in [0.15, 0.2) is 0 Å². The highest BCUT2D eigenvalue weighted by Crippen LogP contribution is 2.18. The monoisotopic (exact) mass is 231 g/mol. The number of rotatable bonds is 4. The Morgan fingerprint density at radius 2 is 2.24 bits per heavy atom.